The molecule has 0 spiro atoms. The number of hydrogen-bond acceptors (Lipinski definition) is 4. The van der Waals surface area contributed by atoms with Crippen LogP contribution in [0.4, 0.5) is 0 Å². The van der Waals surface area contributed by atoms with Crippen molar-refractivity contribution in [2.45, 2.75) is 13.0 Å². The van der Waals surface area contributed by atoms with E-state index in [2.05, 4.69) is 10.1 Å². The minimum Gasteiger partial charge on any atom is -0.318 e. The lowest BCUT2D eigenvalue weighted by molar-refractivity contribution is 0.852. The Labute approximate surface area is 115 Å². The van der Waals surface area contributed by atoms with Gasteiger partial charge in [0.25, 0.3) is 0 Å². The molecule has 1 aromatic carbocycles. The third-order valence-corrected chi connectivity index (χ3v) is 3.88. The molecule has 0 saturated carbocycles. The van der Waals surface area contributed by atoms with Crippen LogP contribution in [-0.2, 0) is 0 Å². The van der Waals surface area contributed by atoms with Gasteiger partial charge in [0.1, 0.15) is 5.01 Å². The molecular weight excluding hydrogens is 256 g/mol. The maximum absolute atomic E-state index is 6.22. The van der Waals surface area contributed by atoms with E-state index in [1.165, 1.54) is 4.88 Å². The molecule has 3 rings (SSSR count). The fourth-order valence-electron chi connectivity index (χ4n) is 1.88. The lowest BCUT2D eigenvalue weighted by Gasteiger charge is -2.04. The maximum Gasteiger partial charge on any atom is 0.114 e. The summed E-state index contributed by atoms with van der Waals surface area (Å²) in [7, 11) is 0. The molecule has 0 saturated heterocycles. The van der Waals surface area contributed by atoms with Crippen molar-refractivity contribution in [2.24, 2.45) is 5.73 Å². The Morgan fingerprint density at radius 3 is 2.68 bits per heavy atom. The summed E-state index contributed by atoms with van der Waals surface area (Å²) in [6.07, 6.45) is 5.60. The van der Waals surface area contributed by atoms with E-state index in [1.807, 2.05) is 54.3 Å². The van der Waals surface area contributed by atoms with Gasteiger partial charge >= 0.3 is 0 Å². The average molecular weight is 270 g/mol. The summed E-state index contributed by atoms with van der Waals surface area (Å²) in [5.74, 6) is 0. The van der Waals surface area contributed by atoms with Crippen molar-refractivity contribution in [3.8, 4) is 5.69 Å². The van der Waals surface area contributed by atoms with Gasteiger partial charge in [-0.25, -0.2) is 9.67 Å². The number of nitrogens with zero attached hydrogens (tertiary/aromatic N) is 3. The molecule has 19 heavy (non-hydrogen) atoms. The fraction of sp³-hybridized carbons (Fsp3) is 0.143. The van der Waals surface area contributed by atoms with E-state index in [4.69, 9.17) is 5.73 Å². The van der Waals surface area contributed by atoms with E-state index in [1.54, 1.807) is 17.5 Å². The summed E-state index contributed by atoms with van der Waals surface area (Å²) in [5.41, 5.74) is 8.21. The number of aryl methyl sites for hydroxylation is 1. The molecule has 0 radical (unpaired) electrons. The molecule has 0 aliphatic carbocycles. The van der Waals surface area contributed by atoms with E-state index in [-0.39, 0.29) is 6.04 Å². The second-order valence-electron chi connectivity index (χ2n) is 4.34. The number of nitrogens with two attached hydrogens (primary N) is 1. The van der Waals surface area contributed by atoms with Crippen LogP contribution in [-0.4, -0.2) is 14.8 Å². The van der Waals surface area contributed by atoms with Crippen molar-refractivity contribution in [2.75, 3.05) is 0 Å². The lowest BCUT2D eigenvalue weighted by atomic mass is 10.2. The SMILES string of the molecule is Cc1cnc(C(N)c2cnn(-c3ccccc3)c2)s1. The Morgan fingerprint density at radius 2 is 2.00 bits per heavy atom. The van der Waals surface area contributed by atoms with Gasteiger partial charge in [-0.15, -0.1) is 11.3 Å². The first kappa shape index (κ1) is 12.1. The van der Waals surface area contributed by atoms with Gasteiger partial charge in [0, 0.05) is 22.8 Å². The predicted octanol–water partition coefficient (Wildman–Crippen LogP) is 2.69. The van der Waals surface area contributed by atoms with E-state index < -0.39 is 0 Å². The molecule has 0 aliphatic heterocycles. The molecule has 96 valence electrons. The van der Waals surface area contributed by atoms with Crippen LogP contribution in [0.2, 0.25) is 0 Å². The van der Waals surface area contributed by atoms with E-state index in [9.17, 15) is 0 Å². The Bertz CT molecular complexity index is 672. The van der Waals surface area contributed by atoms with Gasteiger partial charge in [0.2, 0.25) is 0 Å². The van der Waals surface area contributed by atoms with Crippen molar-refractivity contribution in [1.29, 1.82) is 0 Å². The van der Waals surface area contributed by atoms with Gasteiger partial charge in [0.05, 0.1) is 17.9 Å². The summed E-state index contributed by atoms with van der Waals surface area (Å²) < 4.78 is 1.83. The molecule has 0 amide bonds. The Balaban J connectivity index is 1.89. The quantitative estimate of drug-likeness (QED) is 0.796. The minimum atomic E-state index is -0.212. The summed E-state index contributed by atoms with van der Waals surface area (Å²) >= 11 is 1.62. The summed E-state index contributed by atoms with van der Waals surface area (Å²) in [5, 5.41) is 5.27. The molecule has 4 nitrogen and oxygen atoms in total. The van der Waals surface area contributed by atoms with Crippen LogP contribution in [0.15, 0.2) is 48.9 Å². The third kappa shape index (κ3) is 2.43. The monoisotopic (exact) mass is 270 g/mol. The minimum absolute atomic E-state index is 0.212. The molecule has 5 heteroatoms. The summed E-state index contributed by atoms with van der Waals surface area (Å²) in [6, 6.07) is 9.77. The van der Waals surface area contributed by atoms with Crippen molar-refractivity contribution < 1.29 is 0 Å². The average Bonchev–Trinajstić information content (AvgIpc) is 3.08. The Kier molecular flexibility index (Phi) is 3.15. The van der Waals surface area contributed by atoms with Crippen LogP contribution in [0.3, 0.4) is 0 Å². The second-order valence-corrected chi connectivity index (χ2v) is 5.61. The topological polar surface area (TPSA) is 56.7 Å². The number of rotatable bonds is 3. The predicted molar refractivity (Wildman–Crippen MR) is 76.4 cm³/mol. The van der Waals surface area contributed by atoms with Crippen LogP contribution >= 0.6 is 11.3 Å². The Morgan fingerprint density at radius 1 is 1.21 bits per heavy atom. The highest BCUT2D eigenvalue weighted by atomic mass is 32.1. The van der Waals surface area contributed by atoms with Crippen LogP contribution in [0.25, 0.3) is 5.69 Å². The molecule has 3 aromatic rings. The van der Waals surface area contributed by atoms with Gasteiger partial charge in [-0.2, -0.15) is 5.10 Å². The standard InChI is InChI=1S/C14H14N4S/c1-10-7-16-14(19-10)13(15)11-8-17-18(9-11)12-5-3-2-4-6-12/h2-9,13H,15H2,1H3. The zero-order chi connectivity index (χ0) is 13.2. The number of hydrogen-bond donors (Lipinski definition) is 1. The maximum atomic E-state index is 6.22. The summed E-state index contributed by atoms with van der Waals surface area (Å²) in [6.45, 7) is 2.03. The van der Waals surface area contributed by atoms with Crippen molar-refractivity contribution in [1.82, 2.24) is 14.8 Å². The van der Waals surface area contributed by atoms with Crippen LogP contribution in [0.1, 0.15) is 21.5 Å². The summed E-state index contributed by atoms with van der Waals surface area (Å²) in [4.78, 5) is 5.50. The first-order valence-electron chi connectivity index (χ1n) is 6.02. The number of aromatic nitrogens is 3. The van der Waals surface area contributed by atoms with Crippen LogP contribution < -0.4 is 5.73 Å². The third-order valence-electron chi connectivity index (χ3n) is 2.89. The molecule has 1 atom stereocenters. The van der Waals surface area contributed by atoms with Gasteiger partial charge in [-0.3, -0.25) is 0 Å². The largest absolute Gasteiger partial charge is 0.318 e. The first-order valence-corrected chi connectivity index (χ1v) is 6.83. The van der Waals surface area contributed by atoms with E-state index >= 15 is 0 Å². The van der Waals surface area contributed by atoms with Gasteiger partial charge < -0.3 is 5.73 Å². The van der Waals surface area contributed by atoms with Crippen LogP contribution in [0, 0.1) is 6.92 Å². The number of benzene rings is 1. The van der Waals surface area contributed by atoms with E-state index in [0.29, 0.717) is 0 Å². The molecule has 2 aromatic heterocycles. The molecule has 1 unspecified atom stereocenters. The normalized spacial score (nSPS) is 12.5. The number of para-hydroxylation sites is 1. The molecule has 0 bridgehead atoms. The van der Waals surface area contributed by atoms with Crippen molar-refractivity contribution >= 4 is 11.3 Å². The molecule has 0 fully saturated rings. The highest BCUT2D eigenvalue weighted by Gasteiger charge is 2.14. The fourth-order valence-corrected chi connectivity index (χ4v) is 2.68. The van der Waals surface area contributed by atoms with Gasteiger partial charge in [-0.05, 0) is 19.1 Å². The highest BCUT2D eigenvalue weighted by Crippen LogP contribution is 2.23. The molecular formula is C14H14N4S. The lowest BCUT2D eigenvalue weighted by Crippen LogP contribution is -2.10. The van der Waals surface area contributed by atoms with Crippen molar-refractivity contribution in [3.05, 3.63) is 64.4 Å². The van der Waals surface area contributed by atoms with Gasteiger partial charge in [-0.1, -0.05) is 18.2 Å². The van der Waals surface area contributed by atoms with E-state index in [0.717, 1.165) is 16.3 Å². The van der Waals surface area contributed by atoms with Gasteiger partial charge in [0.15, 0.2) is 0 Å². The molecule has 2 N–H and O–H groups in total. The highest BCUT2D eigenvalue weighted by molar-refractivity contribution is 7.11. The smallest absolute Gasteiger partial charge is 0.114 e. The molecule has 2 heterocycles. The Hall–Kier alpha value is -1.98. The zero-order valence-electron chi connectivity index (χ0n) is 10.5. The second kappa shape index (κ2) is 4.95. The number of thiazole rings is 1. The first-order chi connectivity index (χ1) is 9.24. The van der Waals surface area contributed by atoms with Crippen LogP contribution in [0.5, 0.6) is 0 Å². The molecule has 0 aliphatic rings. The zero-order valence-corrected chi connectivity index (χ0v) is 11.3. The van der Waals surface area contributed by atoms with Crippen molar-refractivity contribution in [3.63, 3.8) is 0 Å².